The van der Waals surface area contributed by atoms with Crippen LogP contribution in [-0.2, 0) is 4.79 Å². The van der Waals surface area contributed by atoms with Gasteiger partial charge in [0.25, 0.3) is 0 Å². The standard InChI is InChI=1S/C13H15ClN2O3/c14-9-4-11-12(19-2-1-18-11)5-10(9)16-13(17)3-8-6-15-7-8/h4-5,8,15H,1-3,6-7H2,(H,16,17). The summed E-state index contributed by atoms with van der Waals surface area (Å²) in [5, 5.41) is 6.43. The number of hydrogen-bond acceptors (Lipinski definition) is 4. The maximum Gasteiger partial charge on any atom is 0.224 e. The maximum absolute atomic E-state index is 11.9. The van der Waals surface area contributed by atoms with Crippen LogP contribution in [0.2, 0.25) is 5.02 Å². The fourth-order valence-corrected chi connectivity index (χ4v) is 2.32. The summed E-state index contributed by atoms with van der Waals surface area (Å²) in [4.78, 5) is 11.9. The van der Waals surface area contributed by atoms with Gasteiger partial charge >= 0.3 is 0 Å². The van der Waals surface area contributed by atoms with Gasteiger partial charge in [0.15, 0.2) is 11.5 Å². The number of ether oxygens (including phenoxy) is 2. The molecule has 2 aliphatic rings. The van der Waals surface area contributed by atoms with Crippen molar-refractivity contribution in [2.75, 3.05) is 31.6 Å². The second kappa shape index (κ2) is 5.27. The van der Waals surface area contributed by atoms with Gasteiger partial charge < -0.3 is 20.1 Å². The van der Waals surface area contributed by atoms with E-state index >= 15 is 0 Å². The van der Waals surface area contributed by atoms with Crippen LogP contribution in [0.1, 0.15) is 6.42 Å². The van der Waals surface area contributed by atoms with Gasteiger partial charge in [0.1, 0.15) is 13.2 Å². The first-order valence-corrected chi connectivity index (χ1v) is 6.70. The fourth-order valence-electron chi connectivity index (χ4n) is 2.12. The first kappa shape index (κ1) is 12.6. The zero-order valence-corrected chi connectivity index (χ0v) is 11.1. The molecule has 6 heteroatoms. The minimum Gasteiger partial charge on any atom is -0.486 e. The van der Waals surface area contributed by atoms with E-state index in [4.69, 9.17) is 21.1 Å². The number of hydrogen-bond donors (Lipinski definition) is 2. The molecule has 3 rings (SSSR count). The van der Waals surface area contributed by atoms with E-state index in [1.165, 1.54) is 0 Å². The lowest BCUT2D eigenvalue weighted by Gasteiger charge is -2.26. The quantitative estimate of drug-likeness (QED) is 0.885. The molecule has 2 heterocycles. The van der Waals surface area contributed by atoms with Crippen molar-refractivity contribution in [1.82, 2.24) is 5.32 Å². The number of carbonyl (C=O) groups is 1. The minimum atomic E-state index is -0.0231. The van der Waals surface area contributed by atoms with Crippen LogP contribution in [0, 0.1) is 5.92 Å². The smallest absolute Gasteiger partial charge is 0.224 e. The average Bonchev–Trinajstić information content (AvgIpc) is 2.35. The topological polar surface area (TPSA) is 59.6 Å². The van der Waals surface area contributed by atoms with E-state index in [2.05, 4.69) is 10.6 Å². The fraction of sp³-hybridized carbons (Fsp3) is 0.462. The van der Waals surface area contributed by atoms with Crippen LogP contribution in [0.5, 0.6) is 11.5 Å². The molecule has 2 N–H and O–H groups in total. The number of carbonyl (C=O) groups excluding carboxylic acids is 1. The Morgan fingerprint density at radius 2 is 2.00 bits per heavy atom. The lowest BCUT2D eigenvalue weighted by Crippen LogP contribution is -2.43. The Labute approximate surface area is 116 Å². The van der Waals surface area contributed by atoms with Gasteiger partial charge in [0.05, 0.1) is 10.7 Å². The molecular weight excluding hydrogens is 268 g/mol. The molecule has 0 atom stereocenters. The summed E-state index contributed by atoms with van der Waals surface area (Å²) in [5.74, 6) is 1.65. The number of rotatable bonds is 3. The largest absolute Gasteiger partial charge is 0.486 e. The van der Waals surface area contributed by atoms with Crippen molar-refractivity contribution in [3.8, 4) is 11.5 Å². The number of anilines is 1. The Morgan fingerprint density at radius 1 is 1.32 bits per heavy atom. The summed E-state index contributed by atoms with van der Waals surface area (Å²) in [7, 11) is 0. The van der Waals surface area contributed by atoms with Gasteiger partial charge in [-0.3, -0.25) is 4.79 Å². The van der Waals surface area contributed by atoms with E-state index in [0.717, 1.165) is 13.1 Å². The van der Waals surface area contributed by atoms with Crippen molar-refractivity contribution in [2.45, 2.75) is 6.42 Å². The number of fused-ring (bicyclic) bond motifs is 1. The molecule has 2 aliphatic heterocycles. The highest BCUT2D eigenvalue weighted by Crippen LogP contribution is 2.38. The van der Waals surface area contributed by atoms with Gasteiger partial charge in [-0.15, -0.1) is 0 Å². The summed E-state index contributed by atoms with van der Waals surface area (Å²) in [6, 6.07) is 3.39. The first-order valence-electron chi connectivity index (χ1n) is 6.32. The molecule has 0 unspecified atom stereocenters. The van der Waals surface area contributed by atoms with Crippen molar-refractivity contribution < 1.29 is 14.3 Å². The van der Waals surface area contributed by atoms with Gasteiger partial charge in [0.2, 0.25) is 5.91 Å². The van der Waals surface area contributed by atoms with E-state index in [1.807, 2.05) is 0 Å². The molecule has 5 nitrogen and oxygen atoms in total. The second-order valence-corrected chi connectivity index (χ2v) is 5.16. The average molecular weight is 283 g/mol. The van der Waals surface area contributed by atoms with Crippen molar-refractivity contribution in [1.29, 1.82) is 0 Å². The predicted octanol–water partition coefficient (Wildman–Crippen LogP) is 1.66. The number of benzene rings is 1. The summed E-state index contributed by atoms with van der Waals surface area (Å²) in [6.07, 6.45) is 0.512. The van der Waals surface area contributed by atoms with Crippen LogP contribution in [0.4, 0.5) is 5.69 Å². The Balaban J connectivity index is 1.71. The molecule has 0 bridgehead atoms. The van der Waals surface area contributed by atoms with Gasteiger partial charge in [-0.1, -0.05) is 11.6 Å². The van der Waals surface area contributed by atoms with Gasteiger partial charge in [-0.2, -0.15) is 0 Å². The summed E-state index contributed by atoms with van der Waals surface area (Å²) in [6.45, 7) is 2.84. The zero-order valence-electron chi connectivity index (χ0n) is 10.4. The van der Waals surface area contributed by atoms with Crippen molar-refractivity contribution >= 4 is 23.2 Å². The Bertz CT molecular complexity index is 503. The van der Waals surface area contributed by atoms with Crippen molar-refractivity contribution in [3.05, 3.63) is 17.2 Å². The zero-order chi connectivity index (χ0) is 13.2. The van der Waals surface area contributed by atoms with Gasteiger partial charge in [0, 0.05) is 18.6 Å². The molecule has 102 valence electrons. The highest BCUT2D eigenvalue weighted by molar-refractivity contribution is 6.34. The molecule has 0 saturated carbocycles. The highest BCUT2D eigenvalue weighted by atomic mass is 35.5. The lowest BCUT2D eigenvalue weighted by atomic mass is 9.99. The van der Waals surface area contributed by atoms with Gasteiger partial charge in [-0.05, 0) is 19.0 Å². The molecule has 1 saturated heterocycles. The molecular formula is C13H15ClN2O3. The first-order chi connectivity index (χ1) is 9.22. The molecule has 0 spiro atoms. The molecule has 0 aromatic heterocycles. The Hall–Kier alpha value is -1.46. The summed E-state index contributed by atoms with van der Waals surface area (Å²) in [5.41, 5.74) is 0.572. The highest BCUT2D eigenvalue weighted by Gasteiger charge is 2.21. The Kier molecular flexibility index (Phi) is 3.48. The van der Waals surface area contributed by atoms with Crippen molar-refractivity contribution in [2.24, 2.45) is 5.92 Å². The van der Waals surface area contributed by atoms with Crippen LogP contribution < -0.4 is 20.1 Å². The number of halogens is 1. The van der Waals surface area contributed by atoms with Crippen LogP contribution in [0.3, 0.4) is 0 Å². The van der Waals surface area contributed by atoms with Crippen LogP contribution in [-0.4, -0.2) is 32.2 Å². The van der Waals surface area contributed by atoms with E-state index in [9.17, 15) is 4.79 Å². The molecule has 19 heavy (non-hydrogen) atoms. The minimum absolute atomic E-state index is 0.0231. The summed E-state index contributed by atoms with van der Waals surface area (Å²) < 4.78 is 10.9. The molecule has 1 aromatic carbocycles. The van der Waals surface area contributed by atoms with E-state index in [0.29, 0.717) is 47.8 Å². The maximum atomic E-state index is 11.9. The van der Waals surface area contributed by atoms with Gasteiger partial charge in [-0.25, -0.2) is 0 Å². The Morgan fingerprint density at radius 3 is 2.63 bits per heavy atom. The number of amides is 1. The van der Waals surface area contributed by atoms with Crippen LogP contribution in [0.25, 0.3) is 0 Å². The SMILES string of the molecule is O=C(CC1CNC1)Nc1cc2c(cc1Cl)OCCO2. The van der Waals surface area contributed by atoms with Crippen molar-refractivity contribution in [3.63, 3.8) is 0 Å². The summed E-state index contributed by atoms with van der Waals surface area (Å²) >= 11 is 6.13. The second-order valence-electron chi connectivity index (χ2n) is 4.75. The predicted molar refractivity (Wildman–Crippen MR) is 72.0 cm³/mol. The monoisotopic (exact) mass is 282 g/mol. The van der Waals surface area contributed by atoms with Crippen LogP contribution in [0.15, 0.2) is 12.1 Å². The molecule has 1 amide bonds. The normalized spacial score (nSPS) is 17.7. The third kappa shape index (κ3) is 2.77. The molecule has 1 fully saturated rings. The van der Waals surface area contributed by atoms with Crippen LogP contribution >= 0.6 is 11.6 Å². The molecule has 1 aromatic rings. The third-order valence-electron chi connectivity index (χ3n) is 3.25. The molecule has 0 aliphatic carbocycles. The van der Waals surface area contributed by atoms with E-state index in [1.54, 1.807) is 12.1 Å². The molecule has 0 radical (unpaired) electrons. The third-order valence-corrected chi connectivity index (χ3v) is 3.56. The van der Waals surface area contributed by atoms with E-state index < -0.39 is 0 Å². The lowest BCUT2D eigenvalue weighted by molar-refractivity contribution is -0.117. The number of nitrogens with one attached hydrogen (secondary N) is 2. The van der Waals surface area contributed by atoms with E-state index in [-0.39, 0.29) is 5.91 Å².